The molecule has 0 fully saturated rings. The zero-order valence-electron chi connectivity index (χ0n) is 15.3. The molecule has 5 rings (SSSR count). The van der Waals surface area contributed by atoms with Gasteiger partial charge in [-0.15, -0.1) is 0 Å². The Balaban J connectivity index is 1.35. The molecule has 0 spiro atoms. The number of amides is 1. The number of nitrogens with zero attached hydrogens (tertiary/aromatic N) is 2. The molecule has 1 aliphatic rings. The number of aromatic nitrogens is 2. The molecule has 0 saturated carbocycles. The highest BCUT2D eigenvalue weighted by molar-refractivity contribution is 7.99. The van der Waals surface area contributed by atoms with E-state index in [0.717, 1.165) is 50.7 Å². The van der Waals surface area contributed by atoms with Crippen molar-refractivity contribution in [3.05, 3.63) is 78.5 Å². The van der Waals surface area contributed by atoms with Gasteiger partial charge in [-0.2, -0.15) is 0 Å². The van der Waals surface area contributed by atoms with Crippen LogP contribution in [0.4, 0.5) is 5.69 Å². The second kappa shape index (κ2) is 7.17. The van der Waals surface area contributed by atoms with E-state index in [-0.39, 0.29) is 5.91 Å². The highest BCUT2D eigenvalue weighted by Gasteiger charge is 2.15. The molecule has 0 unspecified atom stereocenters. The van der Waals surface area contributed by atoms with E-state index in [2.05, 4.69) is 34.3 Å². The molecule has 0 saturated heterocycles. The van der Waals surface area contributed by atoms with Gasteiger partial charge in [-0.25, -0.2) is 4.98 Å². The third-order valence-corrected chi connectivity index (χ3v) is 5.95. The molecule has 0 radical (unpaired) electrons. The molecule has 0 aliphatic carbocycles. The summed E-state index contributed by atoms with van der Waals surface area (Å²) >= 11 is 1.78. The lowest BCUT2D eigenvalue weighted by atomic mass is 10.0. The Bertz CT molecular complexity index is 1150. The largest absolute Gasteiger partial charge is 0.326 e. The smallest absolute Gasteiger partial charge is 0.228 e. The van der Waals surface area contributed by atoms with E-state index in [0.29, 0.717) is 6.42 Å². The van der Waals surface area contributed by atoms with Crippen molar-refractivity contribution in [2.45, 2.75) is 18.1 Å². The first kappa shape index (κ1) is 17.1. The van der Waals surface area contributed by atoms with Crippen LogP contribution in [0, 0.1) is 0 Å². The van der Waals surface area contributed by atoms with Crippen molar-refractivity contribution in [1.29, 1.82) is 0 Å². The SMILES string of the molecule is O=C(Cc1cccc2ccccc12)Nc1cccc(-c2cn3c(n2)SCC3)c1. The lowest BCUT2D eigenvalue weighted by molar-refractivity contribution is -0.115. The van der Waals surface area contributed by atoms with Crippen molar-refractivity contribution in [3.63, 3.8) is 0 Å². The van der Waals surface area contributed by atoms with Crippen LogP contribution in [0.3, 0.4) is 0 Å². The van der Waals surface area contributed by atoms with Gasteiger partial charge in [0.15, 0.2) is 5.16 Å². The zero-order valence-corrected chi connectivity index (χ0v) is 16.1. The lowest BCUT2D eigenvalue weighted by Gasteiger charge is -2.09. The van der Waals surface area contributed by atoms with Crippen LogP contribution in [0.15, 0.2) is 78.1 Å². The molecule has 3 aromatic carbocycles. The fourth-order valence-electron chi connectivity index (χ4n) is 3.63. The summed E-state index contributed by atoms with van der Waals surface area (Å²) in [5, 5.41) is 6.38. The average Bonchev–Trinajstić information content (AvgIpc) is 3.31. The molecule has 5 heteroatoms. The monoisotopic (exact) mass is 385 g/mol. The van der Waals surface area contributed by atoms with Gasteiger partial charge in [-0.3, -0.25) is 4.79 Å². The third kappa shape index (κ3) is 3.29. The number of carbonyl (C=O) groups excluding carboxylic acids is 1. The minimum absolute atomic E-state index is 0.0172. The van der Waals surface area contributed by atoms with E-state index >= 15 is 0 Å². The number of rotatable bonds is 4. The number of hydrogen-bond donors (Lipinski definition) is 1. The Hall–Kier alpha value is -3.05. The maximum absolute atomic E-state index is 12.7. The fourth-order valence-corrected chi connectivity index (χ4v) is 4.57. The van der Waals surface area contributed by atoms with Crippen molar-refractivity contribution < 1.29 is 4.79 Å². The maximum atomic E-state index is 12.7. The quantitative estimate of drug-likeness (QED) is 0.538. The van der Waals surface area contributed by atoms with Gasteiger partial charge in [0.25, 0.3) is 0 Å². The molecule has 0 bridgehead atoms. The summed E-state index contributed by atoms with van der Waals surface area (Å²) in [6.45, 7) is 1.01. The highest BCUT2D eigenvalue weighted by Crippen LogP contribution is 2.30. The fraction of sp³-hybridized carbons (Fsp3) is 0.130. The van der Waals surface area contributed by atoms with Crippen LogP contribution in [0.2, 0.25) is 0 Å². The van der Waals surface area contributed by atoms with Gasteiger partial charge in [-0.05, 0) is 28.5 Å². The molecule has 2 heterocycles. The second-order valence-electron chi connectivity index (χ2n) is 6.89. The van der Waals surface area contributed by atoms with E-state index in [1.807, 2.05) is 48.5 Å². The van der Waals surface area contributed by atoms with E-state index in [9.17, 15) is 4.79 Å². The number of fused-ring (bicyclic) bond motifs is 2. The van der Waals surface area contributed by atoms with Gasteiger partial charge in [0, 0.05) is 29.7 Å². The highest BCUT2D eigenvalue weighted by atomic mass is 32.2. The number of anilines is 1. The summed E-state index contributed by atoms with van der Waals surface area (Å²) < 4.78 is 2.19. The Morgan fingerprint density at radius 1 is 1.07 bits per heavy atom. The van der Waals surface area contributed by atoms with E-state index in [1.54, 1.807) is 11.8 Å². The van der Waals surface area contributed by atoms with Crippen LogP contribution in [0.1, 0.15) is 5.56 Å². The Morgan fingerprint density at radius 3 is 2.86 bits per heavy atom. The van der Waals surface area contributed by atoms with Crippen LogP contribution in [-0.2, 0) is 17.8 Å². The molecular formula is C23H19N3OS. The average molecular weight is 385 g/mol. The number of thioether (sulfide) groups is 1. The maximum Gasteiger partial charge on any atom is 0.228 e. The molecule has 138 valence electrons. The summed E-state index contributed by atoms with van der Waals surface area (Å²) in [5.74, 6) is 1.07. The van der Waals surface area contributed by atoms with Gasteiger partial charge >= 0.3 is 0 Å². The normalized spacial score (nSPS) is 12.9. The molecule has 1 amide bonds. The summed E-state index contributed by atoms with van der Waals surface area (Å²) in [5.41, 5.74) is 3.80. The van der Waals surface area contributed by atoms with Crippen molar-refractivity contribution in [2.75, 3.05) is 11.1 Å². The molecule has 1 aliphatic heterocycles. The van der Waals surface area contributed by atoms with Gasteiger partial charge < -0.3 is 9.88 Å². The Morgan fingerprint density at radius 2 is 1.93 bits per heavy atom. The first-order valence-electron chi connectivity index (χ1n) is 9.33. The number of imidazole rings is 1. The van der Waals surface area contributed by atoms with Crippen LogP contribution in [0.5, 0.6) is 0 Å². The predicted molar refractivity (Wildman–Crippen MR) is 115 cm³/mol. The minimum atomic E-state index is -0.0172. The topological polar surface area (TPSA) is 46.9 Å². The molecule has 4 nitrogen and oxygen atoms in total. The van der Waals surface area contributed by atoms with Crippen molar-refractivity contribution in [1.82, 2.24) is 9.55 Å². The molecule has 1 aromatic heterocycles. The van der Waals surface area contributed by atoms with Crippen molar-refractivity contribution in [2.24, 2.45) is 0 Å². The predicted octanol–water partition coefficient (Wildman–Crippen LogP) is 4.99. The number of nitrogens with one attached hydrogen (secondary N) is 1. The Kier molecular flexibility index (Phi) is 4.37. The summed E-state index contributed by atoms with van der Waals surface area (Å²) in [6, 6.07) is 22.1. The van der Waals surface area contributed by atoms with Crippen LogP contribution in [0.25, 0.3) is 22.0 Å². The first-order valence-corrected chi connectivity index (χ1v) is 10.3. The summed E-state index contributed by atoms with van der Waals surface area (Å²) in [6.07, 6.45) is 2.44. The van der Waals surface area contributed by atoms with Crippen molar-refractivity contribution >= 4 is 34.1 Å². The van der Waals surface area contributed by atoms with Crippen LogP contribution < -0.4 is 5.32 Å². The minimum Gasteiger partial charge on any atom is -0.326 e. The standard InChI is InChI=1S/C23H19N3OS/c27-22(14-17-7-3-6-16-5-1-2-10-20(16)17)24-19-9-4-8-18(13-19)21-15-26-11-12-28-23(26)25-21/h1-10,13,15H,11-12,14H2,(H,24,27). The van der Waals surface area contributed by atoms with Gasteiger partial charge in [0.05, 0.1) is 12.1 Å². The number of hydrogen-bond acceptors (Lipinski definition) is 3. The van der Waals surface area contributed by atoms with Gasteiger partial charge in [-0.1, -0.05) is 66.4 Å². The van der Waals surface area contributed by atoms with E-state index in [1.165, 1.54) is 0 Å². The van der Waals surface area contributed by atoms with Crippen molar-refractivity contribution in [3.8, 4) is 11.3 Å². The van der Waals surface area contributed by atoms with Crippen LogP contribution in [-0.4, -0.2) is 21.2 Å². The lowest BCUT2D eigenvalue weighted by Crippen LogP contribution is -2.14. The van der Waals surface area contributed by atoms with Gasteiger partial charge in [0.2, 0.25) is 5.91 Å². The van der Waals surface area contributed by atoms with E-state index < -0.39 is 0 Å². The van der Waals surface area contributed by atoms with Gasteiger partial charge in [0.1, 0.15) is 0 Å². The number of aryl methyl sites for hydroxylation is 1. The van der Waals surface area contributed by atoms with E-state index in [4.69, 9.17) is 4.98 Å². The van der Waals surface area contributed by atoms with Crippen LogP contribution >= 0.6 is 11.8 Å². The first-order chi connectivity index (χ1) is 13.8. The molecular weight excluding hydrogens is 366 g/mol. The second-order valence-corrected chi connectivity index (χ2v) is 7.96. The molecule has 0 atom stereocenters. The number of benzene rings is 3. The Labute approximate surface area is 167 Å². The molecule has 28 heavy (non-hydrogen) atoms. The number of carbonyl (C=O) groups is 1. The molecule has 1 N–H and O–H groups in total. The zero-order chi connectivity index (χ0) is 18.9. The third-order valence-electron chi connectivity index (χ3n) is 4.98. The summed E-state index contributed by atoms with van der Waals surface area (Å²) in [7, 11) is 0. The summed E-state index contributed by atoms with van der Waals surface area (Å²) in [4.78, 5) is 17.3. The molecule has 4 aromatic rings.